The number of phenolic OH excluding ortho intramolecular Hbond substituents is 1. The smallest absolute Gasteiger partial charge is 0.123 e. The maximum Gasteiger partial charge on any atom is 0.123 e. The van der Waals surface area contributed by atoms with Crippen molar-refractivity contribution in [2.75, 3.05) is 13.2 Å². The summed E-state index contributed by atoms with van der Waals surface area (Å²) in [5.41, 5.74) is 0.996. The summed E-state index contributed by atoms with van der Waals surface area (Å²) >= 11 is 0. The van der Waals surface area contributed by atoms with Gasteiger partial charge in [0.2, 0.25) is 0 Å². The van der Waals surface area contributed by atoms with E-state index in [9.17, 15) is 5.11 Å². The lowest BCUT2D eigenvalue weighted by Crippen LogP contribution is -2.39. The van der Waals surface area contributed by atoms with Gasteiger partial charge in [0.1, 0.15) is 11.5 Å². The molecule has 0 amide bonds. The minimum atomic E-state index is 0.351. The highest BCUT2D eigenvalue weighted by Crippen LogP contribution is 2.28. The Kier molecular flexibility index (Phi) is 5.30. The number of piperidine rings is 1. The molecule has 3 nitrogen and oxygen atoms in total. The lowest BCUT2D eigenvalue weighted by Gasteiger charge is -2.36. The molecule has 112 valence electrons. The molecular weight excluding hydrogens is 250 g/mol. The molecule has 1 aromatic carbocycles. The van der Waals surface area contributed by atoms with Gasteiger partial charge in [-0.15, -0.1) is 0 Å². The first-order valence-corrected chi connectivity index (χ1v) is 7.79. The fourth-order valence-electron chi connectivity index (χ4n) is 2.90. The second-order valence-corrected chi connectivity index (χ2v) is 6.09. The van der Waals surface area contributed by atoms with Crippen LogP contribution in [0.1, 0.15) is 45.6 Å². The minimum absolute atomic E-state index is 0.351. The van der Waals surface area contributed by atoms with Crippen LogP contribution in [0.3, 0.4) is 0 Å². The third kappa shape index (κ3) is 3.89. The van der Waals surface area contributed by atoms with Crippen molar-refractivity contribution in [3.63, 3.8) is 0 Å². The molecule has 2 rings (SSSR count). The molecule has 0 aliphatic carbocycles. The molecular formula is C17H27NO2. The molecule has 3 heteroatoms. The summed E-state index contributed by atoms with van der Waals surface area (Å²) in [5.74, 6) is 1.93. The van der Waals surface area contributed by atoms with E-state index in [-0.39, 0.29) is 0 Å². The average Bonchev–Trinajstić information content (AvgIpc) is 2.42. The van der Waals surface area contributed by atoms with Crippen molar-refractivity contribution in [1.82, 2.24) is 4.90 Å². The highest BCUT2D eigenvalue weighted by molar-refractivity contribution is 5.39. The Labute approximate surface area is 122 Å². The number of ether oxygens (including phenoxy) is 1. The predicted molar refractivity (Wildman–Crippen MR) is 82.2 cm³/mol. The van der Waals surface area contributed by atoms with E-state index < -0.39 is 0 Å². The fourth-order valence-corrected chi connectivity index (χ4v) is 2.90. The molecule has 1 saturated heterocycles. The van der Waals surface area contributed by atoms with Crippen LogP contribution < -0.4 is 4.74 Å². The molecule has 0 saturated carbocycles. The second kappa shape index (κ2) is 6.98. The minimum Gasteiger partial charge on any atom is -0.507 e. The van der Waals surface area contributed by atoms with E-state index in [1.54, 1.807) is 6.07 Å². The van der Waals surface area contributed by atoms with Crippen LogP contribution in [0.4, 0.5) is 0 Å². The SMILES string of the molecule is CCCOc1ccc(CN2CCC(C)CC2C)c(O)c1. The van der Waals surface area contributed by atoms with Crippen LogP contribution in [0.25, 0.3) is 0 Å². The van der Waals surface area contributed by atoms with E-state index in [0.717, 1.165) is 36.7 Å². The van der Waals surface area contributed by atoms with Crippen LogP contribution in [-0.4, -0.2) is 29.2 Å². The van der Waals surface area contributed by atoms with Crippen molar-refractivity contribution in [3.05, 3.63) is 23.8 Å². The molecule has 0 bridgehead atoms. The molecule has 1 heterocycles. The summed E-state index contributed by atoms with van der Waals surface area (Å²) < 4.78 is 5.54. The summed E-state index contributed by atoms with van der Waals surface area (Å²) in [6.07, 6.45) is 3.48. The molecule has 1 aliphatic rings. The number of rotatable bonds is 5. The highest BCUT2D eigenvalue weighted by atomic mass is 16.5. The summed E-state index contributed by atoms with van der Waals surface area (Å²) in [4.78, 5) is 2.46. The molecule has 1 fully saturated rings. The summed E-state index contributed by atoms with van der Waals surface area (Å²) in [6, 6.07) is 6.28. The molecule has 20 heavy (non-hydrogen) atoms. The second-order valence-electron chi connectivity index (χ2n) is 6.09. The first-order chi connectivity index (χ1) is 9.60. The van der Waals surface area contributed by atoms with E-state index >= 15 is 0 Å². The zero-order valence-electron chi connectivity index (χ0n) is 12.9. The third-order valence-corrected chi connectivity index (χ3v) is 4.18. The number of hydrogen-bond acceptors (Lipinski definition) is 3. The quantitative estimate of drug-likeness (QED) is 0.888. The van der Waals surface area contributed by atoms with Crippen molar-refractivity contribution < 1.29 is 9.84 Å². The number of hydrogen-bond donors (Lipinski definition) is 1. The summed E-state index contributed by atoms with van der Waals surface area (Å²) in [5, 5.41) is 10.2. The largest absolute Gasteiger partial charge is 0.507 e. The highest BCUT2D eigenvalue weighted by Gasteiger charge is 2.23. The van der Waals surface area contributed by atoms with Gasteiger partial charge in [0.25, 0.3) is 0 Å². The van der Waals surface area contributed by atoms with Crippen LogP contribution in [0, 0.1) is 5.92 Å². The van der Waals surface area contributed by atoms with Crippen LogP contribution in [0.2, 0.25) is 0 Å². The van der Waals surface area contributed by atoms with Gasteiger partial charge in [0.05, 0.1) is 6.61 Å². The standard InChI is InChI=1S/C17H27NO2/c1-4-9-20-16-6-5-15(17(19)11-16)12-18-8-7-13(2)10-14(18)3/h5-6,11,13-14,19H,4,7-10,12H2,1-3H3. The summed E-state index contributed by atoms with van der Waals surface area (Å²) in [7, 11) is 0. The monoisotopic (exact) mass is 277 g/mol. The lowest BCUT2D eigenvalue weighted by atomic mass is 9.93. The van der Waals surface area contributed by atoms with Gasteiger partial charge in [-0.3, -0.25) is 4.90 Å². The van der Waals surface area contributed by atoms with Gasteiger partial charge in [0.15, 0.2) is 0 Å². The van der Waals surface area contributed by atoms with Gasteiger partial charge in [-0.25, -0.2) is 0 Å². The van der Waals surface area contributed by atoms with Gasteiger partial charge >= 0.3 is 0 Å². The Hall–Kier alpha value is -1.22. The van der Waals surface area contributed by atoms with Gasteiger partial charge < -0.3 is 9.84 Å². The van der Waals surface area contributed by atoms with E-state index in [4.69, 9.17) is 4.74 Å². The van der Waals surface area contributed by atoms with Gasteiger partial charge in [-0.05, 0) is 44.7 Å². The molecule has 1 aliphatic heterocycles. The zero-order valence-corrected chi connectivity index (χ0v) is 12.9. The summed E-state index contributed by atoms with van der Waals surface area (Å²) in [6.45, 7) is 9.33. The van der Waals surface area contributed by atoms with E-state index in [2.05, 4.69) is 25.7 Å². The zero-order chi connectivity index (χ0) is 14.5. The topological polar surface area (TPSA) is 32.7 Å². The average molecular weight is 277 g/mol. The molecule has 0 radical (unpaired) electrons. The van der Waals surface area contributed by atoms with Crippen LogP contribution >= 0.6 is 0 Å². The number of benzene rings is 1. The van der Waals surface area contributed by atoms with Gasteiger partial charge in [0, 0.05) is 24.2 Å². The van der Waals surface area contributed by atoms with Crippen molar-refractivity contribution in [1.29, 1.82) is 0 Å². The number of likely N-dealkylation sites (tertiary alicyclic amines) is 1. The molecule has 0 spiro atoms. The Bertz CT molecular complexity index is 433. The van der Waals surface area contributed by atoms with Crippen molar-refractivity contribution in [3.8, 4) is 11.5 Å². The lowest BCUT2D eigenvalue weighted by molar-refractivity contribution is 0.121. The normalized spacial score (nSPS) is 23.8. The molecule has 2 atom stereocenters. The van der Waals surface area contributed by atoms with Gasteiger partial charge in [-0.2, -0.15) is 0 Å². The first kappa shape index (κ1) is 15.2. The maximum atomic E-state index is 10.2. The van der Waals surface area contributed by atoms with Gasteiger partial charge in [-0.1, -0.05) is 19.9 Å². The van der Waals surface area contributed by atoms with Crippen molar-refractivity contribution >= 4 is 0 Å². The number of phenols is 1. The first-order valence-electron chi connectivity index (χ1n) is 7.79. The molecule has 1 aromatic rings. The number of nitrogens with zero attached hydrogens (tertiary/aromatic N) is 1. The van der Waals surface area contributed by atoms with Crippen molar-refractivity contribution in [2.24, 2.45) is 5.92 Å². The third-order valence-electron chi connectivity index (χ3n) is 4.18. The fraction of sp³-hybridized carbons (Fsp3) is 0.647. The van der Waals surface area contributed by atoms with E-state index in [1.807, 2.05) is 12.1 Å². The molecule has 1 N–H and O–H groups in total. The van der Waals surface area contributed by atoms with Crippen molar-refractivity contribution in [2.45, 2.75) is 52.6 Å². The molecule has 0 aromatic heterocycles. The Morgan fingerprint density at radius 1 is 1.35 bits per heavy atom. The van der Waals surface area contributed by atoms with Crippen LogP contribution in [0.5, 0.6) is 11.5 Å². The number of aromatic hydroxyl groups is 1. The predicted octanol–water partition coefficient (Wildman–Crippen LogP) is 3.80. The van der Waals surface area contributed by atoms with E-state index in [1.165, 1.54) is 12.8 Å². The van der Waals surface area contributed by atoms with E-state index in [0.29, 0.717) is 18.4 Å². The Balaban J connectivity index is 1.99. The maximum absolute atomic E-state index is 10.2. The Morgan fingerprint density at radius 2 is 2.15 bits per heavy atom. The molecule has 2 unspecified atom stereocenters. The van der Waals surface area contributed by atoms with Crippen LogP contribution in [0.15, 0.2) is 18.2 Å². The van der Waals surface area contributed by atoms with Crippen LogP contribution in [-0.2, 0) is 6.54 Å². The Morgan fingerprint density at radius 3 is 2.80 bits per heavy atom.